The van der Waals surface area contributed by atoms with Gasteiger partial charge < -0.3 is 10.2 Å². The second-order valence-electron chi connectivity index (χ2n) is 5.22. The Kier molecular flexibility index (Phi) is 4.50. The van der Waals surface area contributed by atoms with Crippen molar-refractivity contribution in [3.05, 3.63) is 40.8 Å². The lowest BCUT2D eigenvalue weighted by molar-refractivity contribution is -0.116. The molecule has 1 aromatic carbocycles. The molecule has 1 aliphatic heterocycles. The third-order valence-corrected chi connectivity index (χ3v) is 4.51. The molecule has 0 aliphatic carbocycles. The van der Waals surface area contributed by atoms with Crippen LogP contribution in [0.2, 0.25) is 0 Å². The molecule has 1 aliphatic rings. The monoisotopic (exact) mass is 301 g/mol. The minimum absolute atomic E-state index is 0.0409. The maximum atomic E-state index is 11.9. The quantitative estimate of drug-likeness (QED) is 0.921. The van der Waals surface area contributed by atoms with Crippen LogP contribution in [-0.2, 0) is 11.2 Å². The molecule has 1 aromatic heterocycles. The van der Waals surface area contributed by atoms with Crippen LogP contribution < -0.4 is 10.2 Å². The summed E-state index contributed by atoms with van der Waals surface area (Å²) in [4.78, 5) is 18.5. The molecule has 0 radical (unpaired) electrons. The van der Waals surface area contributed by atoms with Crippen LogP contribution in [0.15, 0.2) is 35.8 Å². The van der Waals surface area contributed by atoms with Gasteiger partial charge in [-0.25, -0.2) is 4.98 Å². The third-order valence-electron chi connectivity index (χ3n) is 3.67. The zero-order valence-electron chi connectivity index (χ0n) is 11.9. The Morgan fingerprint density at radius 2 is 2.00 bits per heavy atom. The number of hydrogen-bond acceptors (Lipinski definition) is 4. The molecule has 0 saturated carbocycles. The van der Waals surface area contributed by atoms with Crippen LogP contribution >= 0.6 is 11.3 Å². The van der Waals surface area contributed by atoms with Crippen molar-refractivity contribution in [2.24, 2.45) is 0 Å². The number of rotatable bonds is 5. The minimum atomic E-state index is 0.0409. The van der Waals surface area contributed by atoms with Gasteiger partial charge in [0.1, 0.15) is 0 Å². The summed E-state index contributed by atoms with van der Waals surface area (Å²) in [6.07, 6.45) is 5.50. The van der Waals surface area contributed by atoms with Gasteiger partial charge in [0.25, 0.3) is 0 Å². The molecule has 21 heavy (non-hydrogen) atoms. The van der Waals surface area contributed by atoms with E-state index in [4.69, 9.17) is 0 Å². The summed E-state index contributed by atoms with van der Waals surface area (Å²) in [5.41, 5.74) is 2.11. The number of anilines is 2. The molecule has 0 unspecified atom stereocenters. The summed E-state index contributed by atoms with van der Waals surface area (Å²) in [6.45, 7) is 2.28. The number of benzene rings is 1. The first-order chi connectivity index (χ1) is 10.3. The molecule has 1 fully saturated rings. The highest BCUT2D eigenvalue weighted by atomic mass is 32.1. The number of nitrogens with zero attached hydrogens (tertiary/aromatic N) is 2. The van der Waals surface area contributed by atoms with Gasteiger partial charge in [0.15, 0.2) is 0 Å². The maximum Gasteiger partial charge on any atom is 0.224 e. The van der Waals surface area contributed by atoms with Gasteiger partial charge in [-0.05, 0) is 37.1 Å². The zero-order valence-corrected chi connectivity index (χ0v) is 12.7. The largest absolute Gasteiger partial charge is 0.372 e. The Hall–Kier alpha value is -1.88. The van der Waals surface area contributed by atoms with E-state index in [9.17, 15) is 4.79 Å². The smallest absolute Gasteiger partial charge is 0.224 e. The van der Waals surface area contributed by atoms with Gasteiger partial charge in [-0.3, -0.25) is 4.79 Å². The highest BCUT2D eigenvalue weighted by Crippen LogP contribution is 2.22. The topological polar surface area (TPSA) is 45.2 Å². The molecule has 0 bridgehead atoms. The maximum absolute atomic E-state index is 11.9. The standard InChI is InChI=1S/C16H19N3OS/c20-15(7-8-16-17-9-12-21-16)18-13-3-5-14(6-4-13)19-10-1-2-11-19/h3-6,9,12H,1-2,7-8,10-11H2,(H,18,20). The molecule has 1 N–H and O–H groups in total. The molecule has 2 aromatic rings. The van der Waals surface area contributed by atoms with Crippen LogP contribution in [0.4, 0.5) is 11.4 Å². The van der Waals surface area contributed by atoms with Crippen molar-refractivity contribution in [1.82, 2.24) is 4.98 Å². The first-order valence-corrected chi connectivity index (χ1v) is 8.22. The summed E-state index contributed by atoms with van der Waals surface area (Å²) in [5, 5.41) is 5.89. The molecule has 3 rings (SSSR count). The molecule has 4 nitrogen and oxygen atoms in total. The molecule has 1 amide bonds. The molecule has 5 heteroatoms. The summed E-state index contributed by atoms with van der Waals surface area (Å²) in [5.74, 6) is 0.0409. The first-order valence-electron chi connectivity index (χ1n) is 7.34. The number of hydrogen-bond donors (Lipinski definition) is 1. The van der Waals surface area contributed by atoms with Crippen LogP contribution in [0.25, 0.3) is 0 Å². The Morgan fingerprint density at radius 1 is 1.24 bits per heavy atom. The predicted molar refractivity (Wildman–Crippen MR) is 87.0 cm³/mol. The van der Waals surface area contributed by atoms with E-state index in [0.717, 1.165) is 23.8 Å². The van der Waals surface area contributed by atoms with Crippen molar-refractivity contribution >= 4 is 28.6 Å². The van der Waals surface area contributed by atoms with Gasteiger partial charge in [0.2, 0.25) is 5.91 Å². The van der Waals surface area contributed by atoms with E-state index in [1.165, 1.54) is 18.5 Å². The number of aromatic nitrogens is 1. The van der Waals surface area contributed by atoms with E-state index in [-0.39, 0.29) is 5.91 Å². The molecule has 2 heterocycles. The molecule has 0 spiro atoms. The lowest BCUT2D eigenvalue weighted by Crippen LogP contribution is -2.17. The van der Waals surface area contributed by atoms with Crippen molar-refractivity contribution < 1.29 is 4.79 Å². The second kappa shape index (κ2) is 6.72. The SMILES string of the molecule is O=C(CCc1nccs1)Nc1ccc(N2CCCC2)cc1. The first kappa shape index (κ1) is 14.1. The molecule has 1 saturated heterocycles. The molecule has 0 atom stereocenters. The summed E-state index contributed by atoms with van der Waals surface area (Å²) in [7, 11) is 0. The number of carbonyl (C=O) groups is 1. The minimum Gasteiger partial charge on any atom is -0.372 e. The fourth-order valence-corrected chi connectivity index (χ4v) is 3.17. The van der Waals surface area contributed by atoms with E-state index in [0.29, 0.717) is 12.8 Å². The van der Waals surface area contributed by atoms with Crippen molar-refractivity contribution in [3.8, 4) is 0 Å². The third kappa shape index (κ3) is 3.82. The lowest BCUT2D eigenvalue weighted by Gasteiger charge is -2.17. The average Bonchev–Trinajstić information content (AvgIpc) is 3.19. The molecular formula is C16H19N3OS. The van der Waals surface area contributed by atoms with E-state index < -0.39 is 0 Å². The molecular weight excluding hydrogens is 282 g/mol. The van der Waals surface area contributed by atoms with Gasteiger partial charge in [0.05, 0.1) is 5.01 Å². The van der Waals surface area contributed by atoms with Crippen LogP contribution in [0, 0.1) is 0 Å². The Balaban J connectivity index is 1.51. The lowest BCUT2D eigenvalue weighted by atomic mass is 10.2. The van der Waals surface area contributed by atoms with E-state index >= 15 is 0 Å². The Morgan fingerprint density at radius 3 is 2.67 bits per heavy atom. The highest BCUT2D eigenvalue weighted by Gasteiger charge is 2.12. The number of aryl methyl sites for hydroxylation is 1. The number of nitrogens with one attached hydrogen (secondary N) is 1. The number of carbonyl (C=O) groups excluding carboxylic acids is 1. The van der Waals surface area contributed by atoms with E-state index in [1.54, 1.807) is 17.5 Å². The van der Waals surface area contributed by atoms with Crippen LogP contribution in [0.3, 0.4) is 0 Å². The zero-order chi connectivity index (χ0) is 14.5. The van der Waals surface area contributed by atoms with E-state index in [1.807, 2.05) is 17.5 Å². The number of thiazole rings is 1. The van der Waals surface area contributed by atoms with Gasteiger partial charge in [-0.15, -0.1) is 11.3 Å². The summed E-state index contributed by atoms with van der Waals surface area (Å²) < 4.78 is 0. The Labute approximate surface area is 128 Å². The van der Waals surface area contributed by atoms with Gasteiger partial charge in [-0.2, -0.15) is 0 Å². The normalized spacial score (nSPS) is 14.4. The van der Waals surface area contributed by atoms with Crippen LogP contribution in [-0.4, -0.2) is 24.0 Å². The van der Waals surface area contributed by atoms with Crippen molar-refractivity contribution in [2.45, 2.75) is 25.7 Å². The molecule has 110 valence electrons. The van der Waals surface area contributed by atoms with Crippen LogP contribution in [0.5, 0.6) is 0 Å². The van der Waals surface area contributed by atoms with Crippen molar-refractivity contribution in [3.63, 3.8) is 0 Å². The highest BCUT2D eigenvalue weighted by molar-refractivity contribution is 7.09. The average molecular weight is 301 g/mol. The predicted octanol–water partition coefficient (Wildman–Crippen LogP) is 3.31. The second-order valence-corrected chi connectivity index (χ2v) is 6.19. The van der Waals surface area contributed by atoms with Gasteiger partial charge >= 0.3 is 0 Å². The fraction of sp³-hybridized carbons (Fsp3) is 0.375. The van der Waals surface area contributed by atoms with Gasteiger partial charge in [0, 0.05) is 48.9 Å². The summed E-state index contributed by atoms with van der Waals surface area (Å²) >= 11 is 1.59. The Bertz CT molecular complexity index is 574. The van der Waals surface area contributed by atoms with Crippen LogP contribution in [0.1, 0.15) is 24.3 Å². The van der Waals surface area contributed by atoms with Crippen molar-refractivity contribution in [1.29, 1.82) is 0 Å². The summed E-state index contributed by atoms with van der Waals surface area (Å²) in [6, 6.07) is 8.13. The van der Waals surface area contributed by atoms with Gasteiger partial charge in [-0.1, -0.05) is 0 Å². The number of amides is 1. The van der Waals surface area contributed by atoms with E-state index in [2.05, 4.69) is 27.3 Å². The fourth-order valence-electron chi connectivity index (χ4n) is 2.55. The van der Waals surface area contributed by atoms with Crippen molar-refractivity contribution in [2.75, 3.05) is 23.3 Å².